The molecule has 0 aromatic carbocycles. The Hall–Kier alpha value is -1.44. The number of carboxylic acids is 1. The van der Waals surface area contributed by atoms with E-state index in [0.29, 0.717) is 12.5 Å². The molecule has 0 aliphatic carbocycles. The van der Waals surface area contributed by atoms with Gasteiger partial charge in [-0.15, -0.1) is 0 Å². The van der Waals surface area contributed by atoms with Gasteiger partial charge in [0.15, 0.2) is 0 Å². The second-order valence-corrected chi connectivity index (χ2v) is 6.49. The minimum Gasteiger partial charge on any atom is -0.480 e. The quantitative estimate of drug-likeness (QED) is 0.841. The van der Waals surface area contributed by atoms with Crippen LogP contribution in [0.4, 0.5) is 0 Å². The lowest BCUT2D eigenvalue weighted by Gasteiger charge is -2.30. The van der Waals surface area contributed by atoms with Gasteiger partial charge in [0.2, 0.25) is 0 Å². The van der Waals surface area contributed by atoms with Crippen LogP contribution in [0.1, 0.15) is 11.3 Å². The molecule has 7 heteroatoms. The third kappa shape index (κ3) is 3.48. The van der Waals surface area contributed by atoms with Gasteiger partial charge in [-0.05, 0) is 6.92 Å². The van der Waals surface area contributed by atoms with Crippen LogP contribution in [0.3, 0.4) is 0 Å². The molecule has 1 aromatic heterocycles. The van der Waals surface area contributed by atoms with Gasteiger partial charge in [-0.3, -0.25) is 19.3 Å². The highest BCUT2D eigenvalue weighted by atomic mass is 16.5. The standard InChI is InChI=1S/C15H24N4O3/c1-11-13(5-17(2)16-11)6-18-3-12-4-19(8-15(20)21)14(7-18)10-22-9-12/h5,12,14H,3-4,6-10H2,1-2H3,(H,20,21)/t12-,14-/m0/s1. The second-order valence-electron chi connectivity index (χ2n) is 6.49. The number of carboxylic acid groups (broad SMARTS) is 1. The fourth-order valence-corrected chi connectivity index (χ4v) is 3.57. The minimum atomic E-state index is -0.762. The molecule has 0 spiro atoms. The smallest absolute Gasteiger partial charge is 0.317 e. The van der Waals surface area contributed by atoms with Crippen molar-refractivity contribution in [2.24, 2.45) is 13.0 Å². The summed E-state index contributed by atoms with van der Waals surface area (Å²) in [4.78, 5) is 15.6. The first kappa shape index (κ1) is 15.5. The molecule has 3 rings (SSSR count). The first-order chi connectivity index (χ1) is 10.5. The molecule has 0 saturated carbocycles. The van der Waals surface area contributed by atoms with E-state index in [1.165, 1.54) is 5.56 Å². The molecule has 2 saturated heterocycles. The molecule has 0 amide bonds. The predicted molar refractivity (Wildman–Crippen MR) is 80.5 cm³/mol. The summed E-state index contributed by atoms with van der Waals surface area (Å²) in [7, 11) is 1.94. The van der Waals surface area contributed by atoms with Crippen molar-refractivity contribution < 1.29 is 14.6 Å². The molecule has 2 fully saturated rings. The van der Waals surface area contributed by atoms with Crippen LogP contribution in [0.15, 0.2) is 6.20 Å². The van der Waals surface area contributed by atoms with Crippen molar-refractivity contribution in [3.8, 4) is 0 Å². The third-order valence-electron chi connectivity index (χ3n) is 4.51. The van der Waals surface area contributed by atoms with E-state index in [4.69, 9.17) is 9.84 Å². The molecule has 2 bridgehead atoms. The number of carbonyl (C=O) groups is 1. The highest BCUT2D eigenvalue weighted by molar-refractivity contribution is 5.69. The lowest BCUT2D eigenvalue weighted by atomic mass is 10.1. The van der Waals surface area contributed by atoms with Crippen LogP contribution in [-0.2, 0) is 23.1 Å². The van der Waals surface area contributed by atoms with E-state index in [1.807, 2.05) is 18.7 Å². The van der Waals surface area contributed by atoms with Crippen molar-refractivity contribution in [2.75, 3.05) is 39.4 Å². The molecule has 3 heterocycles. The first-order valence-corrected chi connectivity index (χ1v) is 7.76. The number of aliphatic carboxylic acids is 1. The molecule has 1 aromatic rings. The Morgan fingerprint density at radius 1 is 1.41 bits per heavy atom. The highest BCUT2D eigenvalue weighted by Gasteiger charge is 2.34. The average molecular weight is 308 g/mol. The molecular weight excluding hydrogens is 284 g/mol. The van der Waals surface area contributed by atoms with E-state index in [1.54, 1.807) is 0 Å². The first-order valence-electron chi connectivity index (χ1n) is 7.76. The number of aryl methyl sites for hydroxylation is 2. The zero-order chi connectivity index (χ0) is 15.7. The van der Waals surface area contributed by atoms with E-state index in [9.17, 15) is 4.79 Å². The molecular formula is C15H24N4O3. The Kier molecular flexibility index (Phi) is 4.46. The Balaban J connectivity index is 1.72. The summed E-state index contributed by atoms with van der Waals surface area (Å²) < 4.78 is 7.57. The van der Waals surface area contributed by atoms with Crippen molar-refractivity contribution in [3.63, 3.8) is 0 Å². The summed E-state index contributed by atoms with van der Waals surface area (Å²) in [5.41, 5.74) is 2.31. The number of ether oxygens (including phenoxy) is 1. The second kappa shape index (κ2) is 6.36. The van der Waals surface area contributed by atoms with Gasteiger partial charge in [-0.25, -0.2) is 0 Å². The predicted octanol–water partition coefficient (Wildman–Crippen LogP) is -0.0543. The summed E-state index contributed by atoms with van der Waals surface area (Å²) in [5, 5.41) is 13.5. The van der Waals surface area contributed by atoms with Gasteiger partial charge >= 0.3 is 5.97 Å². The van der Waals surface area contributed by atoms with Crippen molar-refractivity contribution in [3.05, 3.63) is 17.5 Å². The number of nitrogens with zero attached hydrogens (tertiary/aromatic N) is 4. The summed E-state index contributed by atoms with van der Waals surface area (Å²) >= 11 is 0. The number of hydrogen-bond acceptors (Lipinski definition) is 5. The monoisotopic (exact) mass is 308 g/mol. The van der Waals surface area contributed by atoms with Crippen LogP contribution >= 0.6 is 0 Å². The topological polar surface area (TPSA) is 70.8 Å². The zero-order valence-corrected chi connectivity index (χ0v) is 13.2. The Morgan fingerprint density at radius 3 is 2.91 bits per heavy atom. The molecule has 2 atom stereocenters. The zero-order valence-electron chi connectivity index (χ0n) is 13.2. The third-order valence-corrected chi connectivity index (χ3v) is 4.51. The van der Waals surface area contributed by atoms with Gasteiger partial charge in [0.1, 0.15) is 0 Å². The van der Waals surface area contributed by atoms with Crippen LogP contribution in [0, 0.1) is 12.8 Å². The van der Waals surface area contributed by atoms with Gasteiger partial charge < -0.3 is 9.84 Å². The van der Waals surface area contributed by atoms with Crippen LogP contribution in [0.2, 0.25) is 0 Å². The number of rotatable bonds is 4. The molecule has 7 nitrogen and oxygen atoms in total. The van der Waals surface area contributed by atoms with E-state index >= 15 is 0 Å². The van der Waals surface area contributed by atoms with E-state index in [0.717, 1.165) is 38.5 Å². The number of fused-ring (bicyclic) bond motifs is 3. The normalized spacial score (nSPS) is 26.8. The highest BCUT2D eigenvalue weighted by Crippen LogP contribution is 2.21. The Labute approximate surface area is 130 Å². The van der Waals surface area contributed by atoms with Crippen molar-refractivity contribution >= 4 is 5.97 Å². The van der Waals surface area contributed by atoms with Crippen LogP contribution in [-0.4, -0.2) is 76.1 Å². The van der Waals surface area contributed by atoms with Crippen LogP contribution in [0.5, 0.6) is 0 Å². The summed E-state index contributed by atoms with van der Waals surface area (Å²) in [5.74, 6) is -0.397. The van der Waals surface area contributed by atoms with E-state index < -0.39 is 5.97 Å². The van der Waals surface area contributed by atoms with Gasteiger partial charge in [-0.2, -0.15) is 5.10 Å². The van der Waals surface area contributed by atoms with Gasteiger partial charge in [0.25, 0.3) is 0 Å². The van der Waals surface area contributed by atoms with Crippen LogP contribution in [0.25, 0.3) is 0 Å². The van der Waals surface area contributed by atoms with Crippen molar-refractivity contribution in [2.45, 2.75) is 19.5 Å². The molecule has 122 valence electrons. The summed E-state index contributed by atoms with van der Waals surface area (Å²) in [6.07, 6.45) is 2.07. The lowest BCUT2D eigenvalue weighted by Crippen LogP contribution is -2.45. The molecule has 0 radical (unpaired) electrons. The van der Waals surface area contributed by atoms with E-state index in [-0.39, 0.29) is 12.6 Å². The van der Waals surface area contributed by atoms with E-state index in [2.05, 4.69) is 21.1 Å². The Morgan fingerprint density at radius 2 is 2.23 bits per heavy atom. The maximum atomic E-state index is 11.1. The van der Waals surface area contributed by atoms with Crippen molar-refractivity contribution in [1.29, 1.82) is 0 Å². The summed E-state index contributed by atoms with van der Waals surface area (Å²) in [6.45, 7) is 6.94. The van der Waals surface area contributed by atoms with Gasteiger partial charge in [0.05, 0.1) is 25.5 Å². The largest absolute Gasteiger partial charge is 0.480 e. The molecule has 1 N–H and O–H groups in total. The maximum Gasteiger partial charge on any atom is 0.317 e. The van der Waals surface area contributed by atoms with Gasteiger partial charge in [-0.1, -0.05) is 0 Å². The number of aromatic nitrogens is 2. The maximum absolute atomic E-state index is 11.1. The molecule has 2 aliphatic heterocycles. The summed E-state index contributed by atoms with van der Waals surface area (Å²) in [6, 6.07) is 0.153. The minimum absolute atomic E-state index is 0.101. The van der Waals surface area contributed by atoms with Gasteiger partial charge in [0, 0.05) is 56.9 Å². The molecule has 2 aliphatic rings. The van der Waals surface area contributed by atoms with Crippen molar-refractivity contribution in [1.82, 2.24) is 19.6 Å². The Bertz CT molecular complexity index is 545. The molecule has 22 heavy (non-hydrogen) atoms. The molecule has 0 unspecified atom stereocenters. The fourth-order valence-electron chi connectivity index (χ4n) is 3.57. The lowest BCUT2D eigenvalue weighted by molar-refractivity contribution is -0.139. The number of hydrogen-bond donors (Lipinski definition) is 1. The fraction of sp³-hybridized carbons (Fsp3) is 0.733. The average Bonchev–Trinajstić information content (AvgIpc) is 2.57. The van der Waals surface area contributed by atoms with Crippen LogP contribution < -0.4 is 0 Å². The SMILES string of the molecule is Cc1nn(C)cc1CN1C[C@@H]2COC[C@H](C1)N(CC(=O)O)C2.